The van der Waals surface area contributed by atoms with Gasteiger partial charge >= 0.3 is 12.1 Å². The van der Waals surface area contributed by atoms with Crippen molar-refractivity contribution in [1.82, 2.24) is 0 Å². The molecule has 0 fully saturated rings. The van der Waals surface area contributed by atoms with Gasteiger partial charge in [0.2, 0.25) is 5.91 Å². The van der Waals surface area contributed by atoms with Gasteiger partial charge in [-0.2, -0.15) is 13.2 Å². The second kappa shape index (κ2) is 9.30. The molecule has 0 aliphatic heterocycles. The Bertz CT molecular complexity index is 872. The fourth-order valence-corrected chi connectivity index (χ4v) is 2.73. The van der Waals surface area contributed by atoms with Crippen molar-refractivity contribution >= 4 is 40.8 Å². The molecule has 150 valence electrons. The maximum atomic E-state index is 12.9. The summed E-state index contributed by atoms with van der Waals surface area (Å²) in [5.74, 6) is -1.25. The van der Waals surface area contributed by atoms with Crippen LogP contribution in [0.2, 0.25) is 10.0 Å². The number of halogens is 5. The molecular weight excluding hydrogens is 418 g/mol. The Morgan fingerprint density at radius 3 is 2.39 bits per heavy atom. The Morgan fingerprint density at radius 1 is 1.07 bits per heavy atom. The Balaban J connectivity index is 2.30. The standard InChI is InChI=1S/C19H16Cl2F3NO3/c1-2-28-18(27)11-25(14-6-7-15(20)16(21)10-14)17(26)9-12-4-3-5-13(8-12)19(22,23)24/h3-8,10H,2,9,11H2,1H3. The SMILES string of the molecule is CCOC(=O)CN(C(=O)Cc1cccc(C(F)(F)F)c1)c1ccc(Cl)c(Cl)c1. The summed E-state index contributed by atoms with van der Waals surface area (Å²) < 4.78 is 43.5. The first kappa shape index (κ1) is 22.0. The summed E-state index contributed by atoms with van der Waals surface area (Å²) in [5, 5.41) is 0.423. The lowest BCUT2D eigenvalue weighted by atomic mass is 10.1. The topological polar surface area (TPSA) is 46.6 Å². The molecule has 0 radical (unpaired) electrons. The van der Waals surface area contributed by atoms with Crippen LogP contribution in [-0.2, 0) is 26.9 Å². The molecule has 0 aromatic heterocycles. The van der Waals surface area contributed by atoms with Crippen LogP contribution in [0, 0.1) is 0 Å². The summed E-state index contributed by atoms with van der Waals surface area (Å²) in [6.07, 6.45) is -4.86. The van der Waals surface area contributed by atoms with Crippen molar-refractivity contribution in [2.75, 3.05) is 18.1 Å². The van der Waals surface area contributed by atoms with Crippen molar-refractivity contribution in [2.24, 2.45) is 0 Å². The molecular formula is C19H16Cl2F3NO3. The summed E-state index contributed by atoms with van der Waals surface area (Å²) in [5.41, 5.74) is -0.419. The summed E-state index contributed by atoms with van der Waals surface area (Å²) in [6.45, 7) is 1.32. The monoisotopic (exact) mass is 433 g/mol. The van der Waals surface area contributed by atoms with Gasteiger partial charge in [-0.15, -0.1) is 0 Å². The van der Waals surface area contributed by atoms with Gasteiger partial charge in [-0.1, -0.05) is 41.4 Å². The minimum absolute atomic E-state index is 0.121. The van der Waals surface area contributed by atoms with E-state index >= 15 is 0 Å². The summed E-state index contributed by atoms with van der Waals surface area (Å²) in [6, 6.07) is 8.78. The predicted molar refractivity (Wildman–Crippen MR) is 101 cm³/mol. The lowest BCUT2D eigenvalue weighted by molar-refractivity contribution is -0.142. The number of hydrogen-bond acceptors (Lipinski definition) is 3. The van der Waals surface area contributed by atoms with Crippen molar-refractivity contribution in [3.63, 3.8) is 0 Å². The average Bonchev–Trinajstić information content (AvgIpc) is 2.62. The van der Waals surface area contributed by atoms with Crippen LogP contribution >= 0.6 is 23.2 Å². The first-order valence-corrected chi connectivity index (χ1v) is 8.94. The van der Waals surface area contributed by atoms with Gasteiger partial charge in [0.25, 0.3) is 0 Å². The molecule has 0 aliphatic carbocycles. The van der Waals surface area contributed by atoms with E-state index in [1.54, 1.807) is 6.92 Å². The first-order valence-electron chi connectivity index (χ1n) is 8.19. The van der Waals surface area contributed by atoms with E-state index in [0.29, 0.717) is 0 Å². The second-order valence-corrected chi connectivity index (χ2v) is 6.57. The molecule has 4 nitrogen and oxygen atoms in total. The minimum atomic E-state index is -4.52. The molecule has 0 bridgehead atoms. The lowest BCUT2D eigenvalue weighted by Gasteiger charge is -2.22. The molecule has 0 heterocycles. The van der Waals surface area contributed by atoms with E-state index in [0.717, 1.165) is 17.0 Å². The van der Waals surface area contributed by atoms with Crippen molar-refractivity contribution < 1.29 is 27.5 Å². The number of hydrogen-bond donors (Lipinski definition) is 0. The van der Waals surface area contributed by atoms with Gasteiger partial charge in [0.1, 0.15) is 6.54 Å². The molecule has 0 atom stereocenters. The van der Waals surface area contributed by atoms with E-state index in [1.165, 1.54) is 30.3 Å². The summed E-state index contributed by atoms with van der Waals surface area (Å²) in [4.78, 5) is 25.8. The zero-order valence-electron chi connectivity index (χ0n) is 14.7. The Morgan fingerprint density at radius 2 is 1.79 bits per heavy atom. The number of anilines is 1. The average molecular weight is 434 g/mol. The fourth-order valence-electron chi connectivity index (χ4n) is 2.44. The van der Waals surface area contributed by atoms with Crippen LogP contribution in [-0.4, -0.2) is 25.0 Å². The lowest BCUT2D eigenvalue weighted by Crippen LogP contribution is -2.37. The van der Waals surface area contributed by atoms with Gasteiger partial charge in [-0.05, 0) is 36.8 Å². The smallest absolute Gasteiger partial charge is 0.416 e. The number of esters is 1. The number of amides is 1. The minimum Gasteiger partial charge on any atom is -0.465 e. The van der Waals surface area contributed by atoms with Crippen LogP contribution in [0.15, 0.2) is 42.5 Å². The molecule has 28 heavy (non-hydrogen) atoms. The van der Waals surface area contributed by atoms with Gasteiger partial charge in [0.15, 0.2) is 0 Å². The third-order valence-corrected chi connectivity index (χ3v) is 4.46. The Hall–Kier alpha value is -2.25. The van der Waals surface area contributed by atoms with Crippen LogP contribution in [0.25, 0.3) is 0 Å². The molecule has 0 N–H and O–H groups in total. The normalized spacial score (nSPS) is 11.2. The van der Waals surface area contributed by atoms with Gasteiger partial charge in [0.05, 0.1) is 28.6 Å². The number of nitrogens with zero attached hydrogens (tertiary/aromatic N) is 1. The van der Waals surface area contributed by atoms with Gasteiger partial charge in [-0.25, -0.2) is 0 Å². The van der Waals surface area contributed by atoms with Crippen LogP contribution < -0.4 is 4.90 Å². The predicted octanol–water partition coefficient (Wildman–Crippen LogP) is 5.15. The van der Waals surface area contributed by atoms with Crippen LogP contribution in [0.1, 0.15) is 18.1 Å². The highest BCUT2D eigenvalue weighted by molar-refractivity contribution is 6.42. The number of carbonyl (C=O) groups is 2. The van der Waals surface area contributed by atoms with Gasteiger partial charge in [-0.3, -0.25) is 9.59 Å². The maximum Gasteiger partial charge on any atom is 0.416 e. The molecule has 2 aromatic carbocycles. The van der Waals surface area contributed by atoms with Crippen molar-refractivity contribution in [1.29, 1.82) is 0 Å². The van der Waals surface area contributed by atoms with Crippen LogP contribution in [0.3, 0.4) is 0 Å². The molecule has 2 rings (SSSR count). The molecule has 9 heteroatoms. The number of benzene rings is 2. The highest BCUT2D eigenvalue weighted by Crippen LogP contribution is 2.30. The number of ether oxygens (including phenoxy) is 1. The number of carbonyl (C=O) groups excluding carboxylic acids is 2. The molecule has 2 aromatic rings. The van der Waals surface area contributed by atoms with E-state index in [2.05, 4.69) is 0 Å². The molecule has 0 spiro atoms. The van der Waals surface area contributed by atoms with E-state index in [9.17, 15) is 22.8 Å². The Labute approximate surface area is 169 Å². The highest BCUT2D eigenvalue weighted by atomic mass is 35.5. The molecule has 0 unspecified atom stereocenters. The van der Waals surface area contributed by atoms with E-state index in [1.807, 2.05) is 0 Å². The van der Waals surface area contributed by atoms with Gasteiger partial charge in [0, 0.05) is 5.69 Å². The zero-order chi connectivity index (χ0) is 20.9. The quantitative estimate of drug-likeness (QED) is 0.591. The van der Waals surface area contributed by atoms with Crippen molar-refractivity contribution in [3.8, 4) is 0 Å². The van der Waals surface area contributed by atoms with Gasteiger partial charge < -0.3 is 9.64 Å². The number of alkyl halides is 3. The fraction of sp³-hybridized carbons (Fsp3) is 0.263. The Kier molecular flexibility index (Phi) is 7.32. The van der Waals surface area contributed by atoms with Crippen LogP contribution in [0.5, 0.6) is 0 Å². The largest absolute Gasteiger partial charge is 0.465 e. The summed E-state index contributed by atoms with van der Waals surface area (Å²) in [7, 11) is 0. The number of rotatable bonds is 6. The summed E-state index contributed by atoms with van der Waals surface area (Å²) >= 11 is 11.9. The van der Waals surface area contributed by atoms with E-state index < -0.39 is 30.2 Å². The maximum absolute atomic E-state index is 12.9. The van der Waals surface area contributed by atoms with Crippen LogP contribution in [0.4, 0.5) is 18.9 Å². The van der Waals surface area contributed by atoms with Crippen molar-refractivity contribution in [3.05, 3.63) is 63.6 Å². The third kappa shape index (κ3) is 5.87. The highest BCUT2D eigenvalue weighted by Gasteiger charge is 2.30. The zero-order valence-corrected chi connectivity index (χ0v) is 16.2. The second-order valence-electron chi connectivity index (χ2n) is 5.76. The first-order chi connectivity index (χ1) is 13.1. The molecule has 0 saturated carbocycles. The van der Waals surface area contributed by atoms with E-state index in [-0.39, 0.29) is 34.3 Å². The van der Waals surface area contributed by atoms with Crippen molar-refractivity contribution in [2.45, 2.75) is 19.5 Å². The molecule has 1 amide bonds. The molecule has 0 saturated heterocycles. The molecule has 0 aliphatic rings. The van der Waals surface area contributed by atoms with E-state index in [4.69, 9.17) is 27.9 Å². The third-order valence-electron chi connectivity index (χ3n) is 3.72.